The van der Waals surface area contributed by atoms with Gasteiger partial charge in [-0.3, -0.25) is 4.79 Å². The largest absolute Gasteiger partial charge is 0.508 e. The fourth-order valence-corrected chi connectivity index (χ4v) is 4.16. The molecule has 0 aliphatic rings. The number of carbonyl (C=O) groups is 3. The highest BCUT2D eigenvalue weighted by Gasteiger charge is 2.16. The molecule has 12 nitrogen and oxygen atoms in total. The Morgan fingerprint density at radius 2 is 0.935 bits per heavy atom. The third-order valence-corrected chi connectivity index (χ3v) is 6.37. The van der Waals surface area contributed by atoms with E-state index in [1.165, 1.54) is 12.1 Å². The lowest BCUT2D eigenvalue weighted by molar-refractivity contribution is 0.0127. The van der Waals surface area contributed by atoms with E-state index >= 15 is 0 Å². The van der Waals surface area contributed by atoms with Crippen LogP contribution in [0.15, 0.2) is 84.9 Å². The molecule has 0 fully saturated rings. The zero-order chi connectivity index (χ0) is 33.2. The van der Waals surface area contributed by atoms with Crippen molar-refractivity contribution in [3.63, 3.8) is 0 Å². The van der Waals surface area contributed by atoms with Crippen LogP contribution >= 0.6 is 0 Å². The maximum Gasteiger partial charge on any atom is 0.338 e. The minimum absolute atomic E-state index is 0.0637. The average Bonchev–Trinajstić information content (AvgIpc) is 3.03. The molecule has 4 rings (SSSR count). The molecule has 0 aromatic heterocycles. The maximum absolute atomic E-state index is 12.9. The standard InChI is InChI=1S/C34H32O12/c1-20-10-23(12-25(35)11-20)33(41)45-18-28(38)16-43-30-6-2-21(3-7-30)32(40)22-4-8-31(9-5-22)44-17-29(39)19-46-34(42)24-13-26(36)15-27(37)14-24/h2-15,28-29,35-39H,16-19H2,1H3. The van der Waals surface area contributed by atoms with Gasteiger partial charge in [0.2, 0.25) is 0 Å². The van der Waals surface area contributed by atoms with Gasteiger partial charge in [0.15, 0.2) is 5.78 Å². The molecule has 0 aliphatic carbocycles. The van der Waals surface area contributed by atoms with E-state index in [1.807, 2.05) is 0 Å². The zero-order valence-electron chi connectivity index (χ0n) is 24.7. The summed E-state index contributed by atoms with van der Waals surface area (Å²) in [5, 5.41) is 48.8. The molecule has 0 aliphatic heterocycles. The Morgan fingerprint density at radius 1 is 0.543 bits per heavy atom. The Bertz CT molecular complexity index is 1500. The number of carbonyl (C=O) groups excluding carboxylic acids is 3. The van der Waals surface area contributed by atoms with Gasteiger partial charge >= 0.3 is 11.9 Å². The highest BCUT2D eigenvalue weighted by atomic mass is 16.6. The summed E-state index contributed by atoms with van der Waals surface area (Å²) in [7, 11) is 0. The molecule has 0 radical (unpaired) electrons. The first kappa shape index (κ1) is 33.3. The molecule has 2 atom stereocenters. The summed E-state index contributed by atoms with van der Waals surface area (Å²) in [6.07, 6.45) is -2.28. The van der Waals surface area contributed by atoms with Gasteiger partial charge < -0.3 is 44.5 Å². The fourth-order valence-electron chi connectivity index (χ4n) is 4.16. The lowest BCUT2D eigenvalue weighted by Crippen LogP contribution is -2.25. The summed E-state index contributed by atoms with van der Waals surface area (Å²) in [4.78, 5) is 37.1. The lowest BCUT2D eigenvalue weighted by atomic mass is 10.0. The Kier molecular flexibility index (Phi) is 11.2. The van der Waals surface area contributed by atoms with Crippen molar-refractivity contribution in [2.24, 2.45) is 0 Å². The van der Waals surface area contributed by atoms with Crippen LogP contribution in [-0.2, 0) is 9.47 Å². The molecule has 0 amide bonds. The molecule has 12 heteroatoms. The SMILES string of the molecule is Cc1cc(O)cc(C(=O)OCC(O)COc2ccc(C(=O)c3ccc(OCC(O)COC(=O)c4cc(O)cc(O)c4)cc3)cc2)c1. The van der Waals surface area contributed by atoms with Crippen LogP contribution in [0.3, 0.4) is 0 Å². The Balaban J connectivity index is 1.19. The number of benzene rings is 4. The van der Waals surface area contributed by atoms with Crippen LogP contribution in [0, 0.1) is 6.92 Å². The minimum Gasteiger partial charge on any atom is -0.508 e. The molecule has 4 aromatic carbocycles. The first-order chi connectivity index (χ1) is 22.0. The quantitative estimate of drug-likeness (QED) is 0.101. The molecule has 0 saturated carbocycles. The van der Waals surface area contributed by atoms with E-state index in [1.54, 1.807) is 61.5 Å². The molecule has 0 spiro atoms. The first-order valence-corrected chi connectivity index (χ1v) is 14.0. The molecule has 0 bridgehead atoms. The summed E-state index contributed by atoms with van der Waals surface area (Å²) in [6.45, 7) is 0.643. The number of aryl methyl sites for hydroxylation is 1. The number of esters is 2. The summed E-state index contributed by atoms with van der Waals surface area (Å²) < 4.78 is 21.1. The van der Waals surface area contributed by atoms with Gasteiger partial charge in [0.05, 0.1) is 11.1 Å². The van der Waals surface area contributed by atoms with Crippen LogP contribution in [0.5, 0.6) is 28.7 Å². The smallest absolute Gasteiger partial charge is 0.338 e. The van der Waals surface area contributed by atoms with Crippen molar-refractivity contribution in [2.45, 2.75) is 19.1 Å². The number of aliphatic hydroxyl groups is 2. The van der Waals surface area contributed by atoms with E-state index in [9.17, 15) is 39.9 Å². The van der Waals surface area contributed by atoms with Crippen LogP contribution in [0.4, 0.5) is 0 Å². The lowest BCUT2D eigenvalue weighted by Gasteiger charge is -2.14. The van der Waals surface area contributed by atoms with Gasteiger partial charge in [0.25, 0.3) is 0 Å². The average molecular weight is 633 g/mol. The molecular weight excluding hydrogens is 600 g/mol. The van der Waals surface area contributed by atoms with Crippen molar-refractivity contribution >= 4 is 17.7 Å². The van der Waals surface area contributed by atoms with Gasteiger partial charge in [0.1, 0.15) is 67.4 Å². The van der Waals surface area contributed by atoms with Crippen LogP contribution in [0.25, 0.3) is 0 Å². The molecule has 240 valence electrons. The highest BCUT2D eigenvalue weighted by Crippen LogP contribution is 2.22. The van der Waals surface area contributed by atoms with Crippen LogP contribution < -0.4 is 9.47 Å². The highest BCUT2D eigenvalue weighted by molar-refractivity contribution is 6.09. The summed E-state index contributed by atoms with van der Waals surface area (Å²) in [5.74, 6) is -1.73. The van der Waals surface area contributed by atoms with Crippen molar-refractivity contribution < 1.29 is 58.9 Å². The van der Waals surface area contributed by atoms with Crippen molar-refractivity contribution in [2.75, 3.05) is 26.4 Å². The van der Waals surface area contributed by atoms with Crippen LogP contribution in [-0.4, -0.2) is 81.9 Å². The predicted octanol–water partition coefficient (Wildman–Crippen LogP) is 3.54. The molecule has 46 heavy (non-hydrogen) atoms. The Morgan fingerprint density at radius 3 is 1.35 bits per heavy atom. The Hall–Kier alpha value is -5.59. The van der Waals surface area contributed by atoms with E-state index in [-0.39, 0.29) is 54.0 Å². The fraction of sp³-hybridized carbons (Fsp3) is 0.206. The number of rotatable bonds is 14. The van der Waals surface area contributed by atoms with Gasteiger partial charge in [0, 0.05) is 17.2 Å². The number of phenolic OH excluding ortho intramolecular Hbond substituents is 3. The second kappa shape index (κ2) is 15.4. The maximum atomic E-state index is 12.9. The van der Waals surface area contributed by atoms with E-state index in [0.717, 1.165) is 18.2 Å². The third-order valence-electron chi connectivity index (χ3n) is 6.37. The predicted molar refractivity (Wildman–Crippen MR) is 163 cm³/mol. The second-order valence-electron chi connectivity index (χ2n) is 10.3. The molecule has 2 unspecified atom stereocenters. The zero-order valence-corrected chi connectivity index (χ0v) is 24.7. The van der Waals surface area contributed by atoms with E-state index in [4.69, 9.17) is 18.9 Å². The molecule has 4 aromatic rings. The Labute approximate surface area is 263 Å². The topological polar surface area (TPSA) is 189 Å². The number of aromatic hydroxyl groups is 3. The van der Waals surface area contributed by atoms with E-state index in [0.29, 0.717) is 28.2 Å². The summed E-state index contributed by atoms with van der Waals surface area (Å²) in [5.41, 5.74) is 1.53. The van der Waals surface area contributed by atoms with Gasteiger partial charge in [-0.25, -0.2) is 9.59 Å². The van der Waals surface area contributed by atoms with Crippen LogP contribution in [0.1, 0.15) is 42.2 Å². The van der Waals surface area contributed by atoms with Crippen molar-refractivity contribution in [3.05, 3.63) is 113 Å². The van der Waals surface area contributed by atoms with Gasteiger partial charge in [-0.2, -0.15) is 0 Å². The summed E-state index contributed by atoms with van der Waals surface area (Å²) in [6, 6.07) is 20.1. The minimum atomic E-state index is -1.16. The number of ether oxygens (including phenoxy) is 4. The first-order valence-electron chi connectivity index (χ1n) is 14.0. The van der Waals surface area contributed by atoms with Crippen LogP contribution in [0.2, 0.25) is 0 Å². The normalized spacial score (nSPS) is 12.1. The van der Waals surface area contributed by atoms with E-state index in [2.05, 4.69) is 0 Å². The number of aliphatic hydroxyl groups excluding tert-OH is 2. The third kappa shape index (κ3) is 9.71. The number of ketones is 1. The number of hydrogen-bond acceptors (Lipinski definition) is 12. The molecule has 0 heterocycles. The van der Waals surface area contributed by atoms with Crippen molar-refractivity contribution in [1.82, 2.24) is 0 Å². The molecular formula is C34H32O12. The second-order valence-corrected chi connectivity index (χ2v) is 10.3. The van der Waals surface area contributed by atoms with Gasteiger partial charge in [-0.15, -0.1) is 0 Å². The number of phenols is 3. The monoisotopic (exact) mass is 632 g/mol. The van der Waals surface area contributed by atoms with E-state index < -0.39 is 30.8 Å². The van der Waals surface area contributed by atoms with Gasteiger partial charge in [-0.05, 0) is 91.3 Å². The van der Waals surface area contributed by atoms with Crippen molar-refractivity contribution in [1.29, 1.82) is 0 Å². The summed E-state index contributed by atoms with van der Waals surface area (Å²) >= 11 is 0. The van der Waals surface area contributed by atoms with Crippen molar-refractivity contribution in [3.8, 4) is 28.7 Å². The number of hydrogen-bond donors (Lipinski definition) is 5. The molecule has 5 N–H and O–H groups in total. The van der Waals surface area contributed by atoms with Gasteiger partial charge in [-0.1, -0.05) is 0 Å². The molecule has 0 saturated heterocycles.